The first kappa shape index (κ1) is 21.7. The lowest BCUT2D eigenvalue weighted by atomic mass is 9.90. The Kier molecular flexibility index (Phi) is 7.42. The van der Waals surface area contributed by atoms with Gasteiger partial charge in [-0.1, -0.05) is 19.1 Å². The number of thiophene rings is 1. The molecule has 8 heteroatoms. The van der Waals surface area contributed by atoms with Crippen LogP contribution in [0.15, 0.2) is 24.3 Å². The number of hydrogen-bond donors (Lipinski definition) is 2. The average molecular weight is 406 g/mol. The van der Waals surface area contributed by atoms with Crippen molar-refractivity contribution in [1.82, 2.24) is 5.32 Å². The number of amides is 1. The highest BCUT2D eigenvalue weighted by Crippen LogP contribution is 2.34. The third-order valence-electron chi connectivity index (χ3n) is 4.39. The third-order valence-corrected chi connectivity index (χ3v) is 5.70. The number of halogens is 1. The van der Waals surface area contributed by atoms with E-state index in [1.807, 2.05) is 6.92 Å². The van der Waals surface area contributed by atoms with Crippen LogP contribution in [0.2, 0.25) is 0 Å². The summed E-state index contributed by atoms with van der Waals surface area (Å²) < 4.78 is 18.1. The average Bonchev–Trinajstić information content (AvgIpc) is 3.04. The molecule has 1 unspecified atom stereocenters. The molecule has 1 atom stereocenters. The van der Waals surface area contributed by atoms with Gasteiger partial charge in [-0.3, -0.25) is 9.59 Å². The van der Waals surface area contributed by atoms with Crippen LogP contribution in [0.5, 0.6) is 0 Å². The second-order valence-corrected chi connectivity index (χ2v) is 7.19. The van der Waals surface area contributed by atoms with Crippen LogP contribution in [0.3, 0.4) is 0 Å². The molecule has 0 radical (unpaired) electrons. The summed E-state index contributed by atoms with van der Waals surface area (Å²) in [5.41, 5.74) is 6.54. The van der Waals surface area contributed by atoms with Crippen molar-refractivity contribution in [2.45, 2.75) is 26.2 Å². The fraction of sp³-hybridized carbons (Fsp3) is 0.350. The van der Waals surface area contributed by atoms with E-state index in [-0.39, 0.29) is 34.2 Å². The van der Waals surface area contributed by atoms with Gasteiger partial charge in [-0.15, -0.1) is 11.3 Å². The van der Waals surface area contributed by atoms with Gasteiger partial charge in [-0.05, 0) is 36.6 Å². The topological polar surface area (TPSA) is 98.5 Å². The number of hydrogen-bond acceptors (Lipinski definition) is 6. The summed E-state index contributed by atoms with van der Waals surface area (Å²) in [4.78, 5) is 38.4. The van der Waals surface area contributed by atoms with Crippen molar-refractivity contribution in [2.75, 3.05) is 20.2 Å². The number of methoxy groups -OCH3 is 1. The minimum absolute atomic E-state index is 0.0935. The minimum Gasteiger partial charge on any atom is -0.465 e. The molecular formula is C20H23FN2O4S. The van der Waals surface area contributed by atoms with E-state index >= 15 is 0 Å². The van der Waals surface area contributed by atoms with Gasteiger partial charge in [-0.25, -0.2) is 9.18 Å². The highest BCUT2D eigenvalue weighted by Gasteiger charge is 2.32. The smallest absolute Gasteiger partial charge is 0.339 e. The maximum Gasteiger partial charge on any atom is 0.339 e. The number of nitrogens with one attached hydrogen (secondary N) is 1. The van der Waals surface area contributed by atoms with E-state index in [4.69, 9.17) is 10.5 Å². The molecule has 1 aromatic heterocycles. The van der Waals surface area contributed by atoms with Crippen LogP contribution in [0.1, 0.15) is 60.1 Å². The van der Waals surface area contributed by atoms with Gasteiger partial charge < -0.3 is 15.8 Å². The molecule has 0 bridgehead atoms. The molecule has 1 amide bonds. The SMILES string of the molecule is CCC(C(=O)c1sc(C(=O)NCCN)c(C)c1C(=O)OC)c1ccc(F)cc1. The zero-order valence-corrected chi connectivity index (χ0v) is 16.8. The molecular weight excluding hydrogens is 383 g/mol. The van der Waals surface area contributed by atoms with Gasteiger partial charge in [0.15, 0.2) is 5.78 Å². The molecule has 150 valence electrons. The van der Waals surface area contributed by atoms with Gasteiger partial charge >= 0.3 is 5.97 Å². The molecule has 0 saturated heterocycles. The van der Waals surface area contributed by atoms with Crippen molar-refractivity contribution < 1.29 is 23.5 Å². The van der Waals surface area contributed by atoms with Crippen molar-refractivity contribution in [3.63, 3.8) is 0 Å². The fourth-order valence-electron chi connectivity index (χ4n) is 2.94. The predicted molar refractivity (Wildman–Crippen MR) is 106 cm³/mol. The molecule has 6 nitrogen and oxygen atoms in total. The third kappa shape index (κ3) is 4.45. The van der Waals surface area contributed by atoms with Gasteiger partial charge in [0, 0.05) is 19.0 Å². The molecule has 0 saturated carbocycles. The van der Waals surface area contributed by atoms with Crippen molar-refractivity contribution in [2.24, 2.45) is 5.73 Å². The number of rotatable bonds is 8. The fourth-order valence-corrected chi connectivity index (χ4v) is 4.15. The monoisotopic (exact) mass is 406 g/mol. The molecule has 0 fully saturated rings. The lowest BCUT2D eigenvalue weighted by Crippen LogP contribution is -2.28. The number of ketones is 1. The first-order valence-electron chi connectivity index (χ1n) is 8.85. The Hall–Kier alpha value is -2.58. The number of ether oxygens (including phenoxy) is 1. The summed E-state index contributed by atoms with van der Waals surface area (Å²) in [6.07, 6.45) is 0.455. The molecule has 28 heavy (non-hydrogen) atoms. The number of esters is 1. The van der Waals surface area contributed by atoms with Crippen LogP contribution in [-0.4, -0.2) is 37.9 Å². The molecule has 3 N–H and O–H groups in total. The van der Waals surface area contributed by atoms with Crippen LogP contribution in [0.4, 0.5) is 4.39 Å². The van der Waals surface area contributed by atoms with Crippen molar-refractivity contribution in [3.05, 3.63) is 56.5 Å². The first-order valence-corrected chi connectivity index (χ1v) is 9.66. The van der Waals surface area contributed by atoms with E-state index in [0.29, 0.717) is 17.5 Å². The Balaban J connectivity index is 2.52. The summed E-state index contributed by atoms with van der Waals surface area (Å²) >= 11 is 0.961. The Morgan fingerprint density at radius 3 is 2.39 bits per heavy atom. The highest BCUT2D eigenvalue weighted by molar-refractivity contribution is 7.16. The Morgan fingerprint density at radius 2 is 1.86 bits per heavy atom. The van der Waals surface area contributed by atoms with E-state index in [2.05, 4.69) is 5.32 Å². The summed E-state index contributed by atoms with van der Waals surface area (Å²) in [7, 11) is 1.22. The lowest BCUT2D eigenvalue weighted by Gasteiger charge is -2.14. The van der Waals surface area contributed by atoms with Crippen LogP contribution < -0.4 is 11.1 Å². The molecule has 0 spiro atoms. The summed E-state index contributed by atoms with van der Waals surface area (Å²) in [5.74, 6) is -2.34. The second kappa shape index (κ2) is 9.57. The Bertz CT molecular complexity index is 877. The number of nitrogens with two attached hydrogens (primary N) is 1. The summed E-state index contributed by atoms with van der Waals surface area (Å²) in [6.45, 7) is 3.99. The summed E-state index contributed by atoms with van der Waals surface area (Å²) in [5, 5.41) is 2.65. The second-order valence-electron chi connectivity index (χ2n) is 6.17. The van der Waals surface area contributed by atoms with Crippen LogP contribution in [0, 0.1) is 12.7 Å². The molecule has 0 aliphatic rings. The Morgan fingerprint density at radius 1 is 1.21 bits per heavy atom. The van der Waals surface area contributed by atoms with E-state index in [1.165, 1.54) is 19.2 Å². The molecule has 1 aromatic carbocycles. The Labute approximate surface area is 166 Å². The largest absolute Gasteiger partial charge is 0.465 e. The highest BCUT2D eigenvalue weighted by atomic mass is 32.1. The molecule has 2 rings (SSSR count). The summed E-state index contributed by atoms with van der Waals surface area (Å²) in [6, 6.07) is 5.68. The van der Waals surface area contributed by atoms with Gasteiger partial charge in [0.2, 0.25) is 0 Å². The van der Waals surface area contributed by atoms with Crippen molar-refractivity contribution in [1.29, 1.82) is 0 Å². The van der Waals surface area contributed by atoms with Crippen LogP contribution in [0.25, 0.3) is 0 Å². The van der Waals surface area contributed by atoms with Crippen molar-refractivity contribution >= 4 is 29.0 Å². The zero-order chi connectivity index (χ0) is 20.8. The normalized spacial score (nSPS) is 11.8. The maximum absolute atomic E-state index is 13.3. The van der Waals surface area contributed by atoms with E-state index in [0.717, 1.165) is 11.3 Å². The van der Waals surface area contributed by atoms with Gasteiger partial charge in [0.1, 0.15) is 5.82 Å². The van der Waals surface area contributed by atoms with Crippen molar-refractivity contribution in [3.8, 4) is 0 Å². The predicted octanol–water partition coefficient (Wildman–Crippen LogP) is 3.05. The minimum atomic E-state index is -0.677. The van der Waals surface area contributed by atoms with E-state index in [9.17, 15) is 18.8 Å². The molecule has 2 aromatic rings. The first-order chi connectivity index (χ1) is 13.3. The van der Waals surface area contributed by atoms with Gasteiger partial charge in [0.25, 0.3) is 5.91 Å². The zero-order valence-electron chi connectivity index (χ0n) is 16.0. The van der Waals surface area contributed by atoms with E-state index in [1.54, 1.807) is 19.1 Å². The van der Waals surface area contributed by atoms with Crippen LogP contribution >= 0.6 is 11.3 Å². The van der Waals surface area contributed by atoms with Gasteiger partial charge in [0.05, 0.1) is 22.4 Å². The van der Waals surface area contributed by atoms with Gasteiger partial charge in [-0.2, -0.15) is 0 Å². The van der Waals surface area contributed by atoms with Crippen LogP contribution in [-0.2, 0) is 4.74 Å². The standard InChI is InChI=1S/C20H23FN2O4S/c1-4-14(12-5-7-13(21)8-6-12)16(24)18-15(20(26)27-3)11(2)17(28-18)19(25)23-10-9-22/h5-8,14H,4,9-10,22H2,1-3H3,(H,23,25). The molecule has 1 heterocycles. The molecule has 0 aliphatic heterocycles. The number of Topliss-reactive ketones (excluding diaryl/α,β-unsaturated/α-hetero) is 1. The number of carbonyl (C=O) groups is 3. The maximum atomic E-state index is 13.3. The lowest BCUT2D eigenvalue weighted by molar-refractivity contribution is 0.0596. The molecule has 0 aliphatic carbocycles. The number of carbonyl (C=O) groups excluding carboxylic acids is 3. The quantitative estimate of drug-likeness (QED) is 0.519. The van der Waals surface area contributed by atoms with E-state index < -0.39 is 23.6 Å². The number of benzene rings is 1.